The van der Waals surface area contributed by atoms with Crippen molar-refractivity contribution in [3.05, 3.63) is 28.8 Å². The fraction of sp³-hybridized carbons (Fsp3) is 0.467. The number of primary amides is 1. The van der Waals surface area contributed by atoms with Crippen molar-refractivity contribution >= 4 is 29.1 Å². The SMILES string of the molecule is CC1(C)CCCNC1C(=O)Nc1cc(C(N)=O)ccc1Cl. The Hall–Kier alpha value is -1.59. The molecule has 0 saturated carbocycles. The average molecular weight is 310 g/mol. The minimum atomic E-state index is -0.557. The number of carbonyl (C=O) groups excluding carboxylic acids is 2. The highest BCUT2D eigenvalue weighted by molar-refractivity contribution is 6.34. The molecule has 0 aliphatic carbocycles. The molecule has 5 nitrogen and oxygen atoms in total. The third kappa shape index (κ3) is 3.54. The number of rotatable bonds is 3. The van der Waals surface area contributed by atoms with E-state index in [1.807, 2.05) is 0 Å². The summed E-state index contributed by atoms with van der Waals surface area (Å²) in [7, 11) is 0. The number of nitrogens with two attached hydrogens (primary N) is 1. The van der Waals surface area contributed by atoms with Gasteiger partial charge in [0.25, 0.3) is 0 Å². The van der Waals surface area contributed by atoms with Crippen LogP contribution in [0.4, 0.5) is 5.69 Å². The Morgan fingerprint density at radius 1 is 1.43 bits per heavy atom. The van der Waals surface area contributed by atoms with Crippen LogP contribution in [0.1, 0.15) is 37.0 Å². The normalized spacial score (nSPS) is 20.8. The summed E-state index contributed by atoms with van der Waals surface area (Å²) in [6.07, 6.45) is 2.03. The van der Waals surface area contributed by atoms with E-state index >= 15 is 0 Å². The zero-order valence-electron chi connectivity index (χ0n) is 12.2. The van der Waals surface area contributed by atoms with E-state index in [1.54, 1.807) is 6.07 Å². The number of hydrogen-bond donors (Lipinski definition) is 3. The fourth-order valence-corrected chi connectivity index (χ4v) is 2.80. The molecule has 2 amide bonds. The first-order chi connectivity index (χ1) is 9.81. The first-order valence-electron chi connectivity index (χ1n) is 6.95. The molecule has 1 saturated heterocycles. The molecule has 1 atom stereocenters. The van der Waals surface area contributed by atoms with Crippen LogP contribution in [-0.2, 0) is 4.79 Å². The summed E-state index contributed by atoms with van der Waals surface area (Å²) in [6, 6.07) is 4.29. The van der Waals surface area contributed by atoms with E-state index in [0.29, 0.717) is 16.3 Å². The molecule has 1 aromatic carbocycles. The van der Waals surface area contributed by atoms with Crippen LogP contribution in [0.25, 0.3) is 0 Å². The lowest BCUT2D eigenvalue weighted by Gasteiger charge is -2.38. The third-order valence-electron chi connectivity index (χ3n) is 3.90. The summed E-state index contributed by atoms with van der Waals surface area (Å²) >= 11 is 6.07. The molecule has 1 unspecified atom stereocenters. The molecular weight excluding hydrogens is 290 g/mol. The van der Waals surface area contributed by atoms with Gasteiger partial charge in [0.1, 0.15) is 0 Å². The second kappa shape index (κ2) is 6.03. The monoisotopic (exact) mass is 309 g/mol. The van der Waals surface area contributed by atoms with Crippen molar-refractivity contribution in [3.63, 3.8) is 0 Å². The van der Waals surface area contributed by atoms with Crippen LogP contribution in [0.3, 0.4) is 0 Å². The molecule has 0 radical (unpaired) electrons. The molecule has 114 valence electrons. The lowest BCUT2D eigenvalue weighted by molar-refractivity contribution is -0.121. The van der Waals surface area contributed by atoms with Crippen LogP contribution in [0.15, 0.2) is 18.2 Å². The van der Waals surface area contributed by atoms with Crippen molar-refractivity contribution in [2.24, 2.45) is 11.1 Å². The minimum absolute atomic E-state index is 0.129. The highest BCUT2D eigenvalue weighted by Gasteiger charge is 2.37. The maximum Gasteiger partial charge on any atom is 0.248 e. The van der Waals surface area contributed by atoms with Gasteiger partial charge in [-0.15, -0.1) is 0 Å². The Balaban J connectivity index is 2.19. The fourth-order valence-electron chi connectivity index (χ4n) is 2.64. The van der Waals surface area contributed by atoms with Crippen molar-refractivity contribution in [3.8, 4) is 0 Å². The van der Waals surface area contributed by atoms with Crippen LogP contribution >= 0.6 is 11.6 Å². The van der Waals surface area contributed by atoms with E-state index in [0.717, 1.165) is 19.4 Å². The lowest BCUT2D eigenvalue weighted by Crippen LogP contribution is -2.53. The zero-order chi connectivity index (χ0) is 15.6. The van der Waals surface area contributed by atoms with E-state index in [-0.39, 0.29) is 17.4 Å². The smallest absolute Gasteiger partial charge is 0.248 e. The summed E-state index contributed by atoms with van der Waals surface area (Å²) < 4.78 is 0. The molecule has 4 N–H and O–H groups in total. The molecule has 0 bridgehead atoms. The molecule has 21 heavy (non-hydrogen) atoms. The van der Waals surface area contributed by atoms with Crippen LogP contribution in [0.2, 0.25) is 5.02 Å². The molecule has 0 spiro atoms. The predicted molar refractivity (Wildman–Crippen MR) is 83.4 cm³/mol. The maximum atomic E-state index is 12.5. The van der Waals surface area contributed by atoms with E-state index in [2.05, 4.69) is 24.5 Å². The first-order valence-corrected chi connectivity index (χ1v) is 7.33. The molecule has 1 heterocycles. The molecule has 2 rings (SSSR count). The van der Waals surface area contributed by atoms with Crippen molar-refractivity contribution in [1.29, 1.82) is 0 Å². The van der Waals surface area contributed by atoms with Crippen molar-refractivity contribution in [1.82, 2.24) is 5.32 Å². The van der Waals surface area contributed by atoms with Gasteiger partial charge < -0.3 is 16.4 Å². The highest BCUT2D eigenvalue weighted by Crippen LogP contribution is 2.31. The lowest BCUT2D eigenvalue weighted by atomic mass is 9.77. The van der Waals surface area contributed by atoms with Gasteiger partial charge in [0.2, 0.25) is 11.8 Å². The van der Waals surface area contributed by atoms with Gasteiger partial charge in [0.15, 0.2) is 0 Å². The maximum absolute atomic E-state index is 12.5. The van der Waals surface area contributed by atoms with Crippen LogP contribution in [0, 0.1) is 5.41 Å². The van der Waals surface area contributed by atoms with Crippen LogP contribution in [0.5, 0.6) is 0 Å². The Morgan fingerprint density at radius 3 is 2.76 bits per heavy atom. The van der Waals surface area contributed by atoms with Crippen molar-refractivity contribution < 1.29 is 9.59 Å². The second-order valence-corrected chi connectivity index (χ2v) is 6.43. The van der Waals surface area contributed by atoms with Gasteiger partial charge in [-0.05, 0) is 43.0 Å². The number of amides is 2. The Bertz CT molecular complexity index is 572. The van der Waals surface area contributed by atoms with Crippen LogP contribution < -0.4 is 16.4 Å². The molecule has 6 heteroatoms. The number of halogens is 1. The average Bonchev–Trinajstić information content (AvgIpc) is 2.40. The van der Waals surface area contributed by atoms with Gasteiger partial charge in [-0.3, -0.25) is 9.59 Å². The van der Waals surface area contributed by atoms with Crippen molar-refractivity contribution in [2.75, 3.05) is 11.9 Å². The summed E-state index contributed by atoms with van der Waals surface area (Å²) in [5, 5.41) is 6.41. The number of piperidine rings is 1. The summed E-state index contributed by atoms with van der Waals surface area (Å²) in [5.41, 5.74) is 5.83. The van der Waals surface area contributed by atoms with E-state index in [4.69, 9.17) is 17.3 Å². The number of nitrogens with one attached hydrogen (secondary N) is 2. The Morgan fingerprint density at radius 2 is 2.14 bits per heavy atom. The topological polar surface area (TPSA) is 84.2 Å². The van der Waals surface area contributed by atoms with E-state index in [1.165, 1.54) is 12.1 Å². The van der Waals surface area contributed by atoms with E-state index in [9.17, 15) is 9.59 Å². The van der Waals surface area contributed by atoms with Gasteiger partial charge >= 0.3 is 0 Å². The standard InChI is InChI=1S/C15H20ClN3O2/c1-15(2)6-3-7-18-12(15)14(21)19-11-8-9(13(17)20)4-5-10(11)16/h4-5,8,12,18H,3,6-7H2,1-2H3,(H2,17,20)(H,19,21). The van der Waals surface area contributed by atoms with Gasteiger partial charge in [-0.25, -0.2) is 0 Å². The number of benzene rings is 1. The van der Waals surface area contributed by atoms with Gasteiger partial charge in [-0.1, -0.05) is 25.4 Å². The highest BCUT2D eigenvalue weighted by atomic mass is 35.5. The van der Waals surface area contributed by atoms with Gasteiger partial charge in [-0.2, -0.15) is 0 Å². The first kappa shape index (κ1) is 15.8. The largest absolute Gasteiger partial charge is 0.366 e. The summed E-state index contributed by atoms with van der Waals surface area (Å²) in [6.45, 7) is 4.94. The van der Waals surface area contributed by atoms with Crippen molar-refractivity contribution in [2.45, 2.75) is 32.7 Å². The van der Waals surface area contributed by atoms with Gasteiger partial charge in [0, 0.05) is 5.56 Å². The Kier molecular flexibility index (Phi) is 4.54. The number of anilines is 1. The molecule has 1 aliphatic rings. The quantitative estimate of drug-likeness (QED) is 0.800. The molecular formula is C15H20ClN3O2. The molecule has 1 fully saturated rings. The Labute approximate surface area is 129 Å². The predicted octanol–water partition coefficient (Wildman–Crippen LogP) is 2.16. The molecule has 1 aromatic rings. The van der Waals surface area contributed by atoms with Gasteiger partial charge in [0.05, 0.1) is 16.8 Å². The molecule has 1 aliphatic heterocycles. The minimum Gasteiger partial charge on any atom is -0.366 e. The molecule has 0 aromatic heterocycles. The number of hydrogen-bond acceptors (Lipinski definition) is 3. The second-order valence-electron chi connectivity index (χ2n) is 6.03. The third-order valence-corrected chi connectivity index (χ3v) is 4.23. The van der Waals surface area contributed by atoms with E-state index < -0.39 is 5.91 Å². The van der Waals surface area contributed by atoms with Crippen LogP contribution in [-0.4, -0.2) is 24.4 Å². The number of carbonyl (C=O) groups is 2. The zero-order valence-corrected chi connectivity index (χ0v) is 13.0. The summed E-state index contributed by atoms with van der Waals surface area (Å²) in [4.78, 5) is 23.7. The summed E-state index contributed by atoms with van der Waals surface area (Å²) in [5.74, 6) is -0.707.